The third kappa shape index (κ3) is 3.79. The zero-order chi connectivity index (χ0) is 19.5. The van der Waals surface area contributed by atoms with Gasteiger partial charge in [-0.1, -0.05) is 30.0 Å². The maximum atomic E-state index is 5.31. The van der Waals surface area contributed by atoms with Crippen LogP contribution in [0.1, 0.15) is 5.01 Å². The molecule has 0 saturated heterocycles. The summed E-state index contributed by atoms with van der Waals surface area (Å²) >= 11 is 3.40. The molecule has 0 saturated carbocycles. The Labute approximate surface area is 172 Å². The van der Waals surface area contributed by atoms with Crippen molar-refractivity contribution in [1.82, 2.24) is 4.98 Å². The third-order valence-corrected chi connectivity index (χ3v) is 6.53. The Morgan fingerprint density at radius 3 is 2.57 bits per heavy atom. The van der Waals surface area contributed by atoms with E-state index < -0.39 is 0 Å². The smallest absolute Gasteiger partial charge is 0.120 e. The van der Waals surface area contributed by atoms with Crippen molar-refractivity contribution in [2.24, 2.45) is 0 Å². The van der Waals surface area contributed by atoms with Crippen molar-refractivity contribution < 1.29 is 9.47 Å². The monoisotopic (exact) mass is 408 g/mol. The average molecular weight is 409 g/mol. The zero-order valence-corrected chi connectivity index (χ0v) is 17.5. The molecular formula is C22H20N2O2S2. The number of thiazole rings is 1. The quantitative estimate of drug-likeness (QED) is 0.486. The molecule has 4 rings (SSSR count). The van der Waals surface area contributed by atoms with Crippen LogP contribution in [0.3, 0.4) is 0 Å². The number of rotatable bonds is 5. The molecule has 0 amide bonds. The predicted molar refractivity (Wildman–Crippen MR) is 120 cm³/mol. The molecule has 0 N–H and O–H groups in total. The van der Waals surface area contributed by atoms with E-state index in [2.05, 4.69) is 41.2 Å². The zero-order valence-electron chi connectivity index (χ0n) is 15.9. The van der Waals surface area contributed by atoms with Gasteiger partial charge in [-0.15, -0.1) is 11.3 Å². The third-order valence-electron chi connectivity index (χ3n) is 4.39. The van der Waals surface area contributed by atoms with Gasteiger partial charge in [0.05, 0.1) is 35.2 Å². The van der Waals surface area contributed by atoms with Crippen LogP contribution >= 0.6 is 23.1 Å². The van der Waals surface area contributed by atoms with Gasteiger partial charge in [0.15, 0.2) is 0 Å². The average Bonchev–Trinajstić information content (AvgIpc) is 3.27. The van der Waals surface area contributed by atoms with Crippen molar-refractivity contribution >= 4 is 45.1 Å². The first-order valence-corrected chi connectivity index (χ1v) is 10.4. The van der Waals surface area contributed by atoms with Crippen LogP contribution in [0, 0.1) is 0 Å². The van der Waals surface area contributed by atoms with Gasteiger partial charge in [-0.05, 0) is 48.6 Å². The molecule has 2 heterocycles. The molecule has 0 spiro atoms. The molecule has 0 atom stereocenters. The fraction of sp³-hybridized carbons (Fsp3) is 0.136. The molecule has 6 heteroatoms. The number of allylic oxidation sites excluding steroid dienone is 4. The molecule has 28 heavy (non-hydrogen) atoms. The summed E-state index contributed by atoms with van der Waals surface area (Å²) < 4.78 is 11.7. The van der Waals surface area contributed by atoms with Gasteiger partial charge >= 0.3 is 0 Å². The van der Waals surface area contributed by atoms with Crippen LogP contribution in [-0.2, 0) is 0 Å². The van der Waals surface area contributed by atoms with E-state index in [1.807, 2.05) is 42.5 Å². The first-order valence-electron chi connectivity index (χ1n) is 8.77. The number of benzene rings is 2. The van der Waals surface area contributed by atoms with Gasteiger partial charge in [0.2, 0.25) is 0 Å². The molecule has 1 aliphatic heterocycles. The Morgan fingerprint density at radius 2 is 1.75 bits per heavy atom. The molecule has 1 aromatic heterocycles. The minimum Gasteiger partial charge on any atom is -0.497 e. The Hall–Kier alpha value is -2.70. The molecule has 0 fully saturated rings. The summed E-state index contributed by atoms with van der Waals surface area (Å²) in [5.74, 6) is 1.74. The van der Waals surface area contributed by atoms with Crippen molar-refractivity contribution in [3.8, 4) is 11.5 Å². The summed E-state index contributed by atoms with van der Waals surface area (Å²) in [6.45, 7) is 0. The first-order chi connectivity index (χ1) is 13.7. The van der Waals surface area contributed by atoms with Crippen LogP contribution < -0.4 is 14.4 Å². The maximum Gasteiger partial charge on any atom is 0.120 e. The van der Waals surface area contributed by atoms with Crippen LogP contribution in [0.15, 0.2) is 70.6 Å². The summed E-state index contributed by atoms with van der Waals surface area (Å²) in [7, 11) is 5.45. The van der Waals surface area contributed by atoms with Crippen LogP contribution in [0.4, 0.5) is 5.69 Å². The van der Waals surface area contributed by atoms with Crippen molar-refractivity contribution in [3.05, 3.63) is 70.7 Å². The lowest BCUT2D eigenvalue weighted by atomic mass is 10.3. The molecule has 0 bridgehead atoms. The van der Waals surface area contributed by atoms with Crippen LogP contribution in [0.25, 0.3) is 16.3 Å². The number of aromatic nitrogens is 1. The number of anilines is 1. The summed E-state index contributed by atoms with van der Waals surface area (Å²) in [5, 5.41) is 2.16. The number of hydrogen-bond donors (Lipinski definition) is 0. The predicted octanol–water partition coefficient (Wildman–Crippen LogP) is 5.97. The molecule has 4 nitrogen and oxygen atoms in total. The lowest BCUT2D eigenvalue weighted by Gasteiger charge is -2.12. The normalized spacial score (nSPS) is 15.2. The summed E-state index contributed by atoms with van der Waals surface area (Å²) in [6, 6.07) is 12.1. The van der Waals surface area contributed by atoms with Gasteiger partial charge in [-0.3, -0.25) is 0 Å². The van der Waals surface area contributed by atoms with Crippen molar-refractivity contribution in [1.29, 1.82) is 0 Å². The lowest BCUT2D eigenvalue weighted by Crippen LogP contribution is -2.08. The Kier molecular flexibility index (Phi) is 5.41. The topological polar surface area (TPSA) is 34.6 Å². The van der Waals surface area contributed by atoms with Crippen molar-refractivity contribution in [3.63, 3.8) is 0 Å². The Bertz CT molecular complexity index is 1100. The van der Waals surface area contributed by atoms with Crippen LogP contribution in [-0.4, -0.2) is 26.3 Å². The van der Waals surface area contributed by atoms with Gasteiger partial charge in [0.25, 0.3) is 0 Å². The van der Waals surface area contributed by atoms with Crippen molar-refractivity contribution in [2.75, 3.05) is 26.2 Å². The molecular weight excluding hydrogens is 388 g/mol. The molecule has 0 unspecified atom stereocenters. The van der Waals surface area contributed by atoms with Crippen LogP contribution in [0.2, 0.25) is 0 Å². The van der Waals surface area contributed by atoms with E-state index in [1.54, 1.807) is 37.3 Å². The Balaban J connectivity index is 1.44. The van der Waals surface area contributed by atoms with E-state index >= 15 is 0 Å². The van der Waals surface area contributed by atoms with Gasteiger partial charge in [0.1, 0.15) is 16.5 Å². The highest BCUT2D eigenvalue weighted by Crippen LogP contribution is 2.46. The highest BCUT2D eigenvalue weighted by Gasteiger charge is 2.21. The number of ether oxygens (including phenoxy) is 2. The first kappa shape index (κ1) is 18.7. The largest absolute Gasteiger partial charge is 0.497 e. The van der Waals surface area contributed by atoms with Gasteiger partial charge in [-0.25, -0.2) is 4.98 Å². The second-order valence-electron chi connectivity index (χ2n) is 6.13. The molecule has 0 aliphatic carbocycles. The number of fused-ring (bicyclic) bond motifs is 2. The minimum absolute atomic E-state index is 0.856. The van der Waals surface area contributed by atoms with Gasteiger partial charge in [0, 0.05) is 11.9 Å². The summed E-state index contributed by atoms with van der Waals surface area (Å²) in [5.41, 5.74) is 2.19. The van der Waals surface area contributed by atoms with Crippen molar-refractivity contribution in [2.45, 2.75) is 4.90 Å². The van der Waals surface area contributed by atoms with Gasteiger partial charge in [-0.2, -0.15) is 0 Å². The number of nitrogens with zero attached hydrogens (tertiary/aromatic N) is 2. The maximum absolute atomic E-state index is 5.31. The standard InChI is InChI=1S/C22H20N2O2S2/c1-24-18-12-10-16(26-3)14-20(18)28-22(24)8-6-4-5-7-21-23-17-11-9-15(25-2)13-19(17)27-21/h4-14H,1-3H3/b6-4+,7-5+,22-8-. The Morgan fingerprint density at radius 1 is 0.964 bits per heavy atom. The fourth-order valence-corrected chi connectivity index (χ4v) is 4.89. The second kappa shape index (κ2) is 8.12. The fourth-order valence-electron chi connectivity index (χ4n) is 2.89. The lowest BCUT2D eigenvalue weighted by molar-refractivity contribution is 0.414. The van der Waals surface area contributed by atoms with E-state index in [0.717, 1.165) is 26.7 Å². The van der Waals surface area contributed by atoms with E-state index in [9.17, 15) is 0 Å². The SMILES string of the molecule is COc1ccc2c(c1)S\C(=C/C=C/C=C/c1nc3ccc(OC)cc3s1)N2C. The second-order valence-corrected chi connectivity index (χ2v) is 8.25. The van der Waals surface area contributed by atoms with E-state index in [-0.39, 0.29) is 0 Å². The summed E-state index contributed by atoms with van der Waals surface area (Å²) in [4.78, 5) is 8.02. The molecule has 2 aromatic carbocycles. The van der Waals surface area contributed by atoms with E-state index in [1.165, 1.54) is 15.6 Å². The molecule has 142 valence electrons. The number of hydrogen-bond acceptors (Lipinski definition) is 6. The van der Waals surface area contributed by atoms with Crippen LogP contribution in [0.5, 0.6) is 11.5 Å². The number of methoxy groups -OCH3 is 2. The highest BCUT2D eigenvalue weighted by atomic mass is 32.2. The van der Waals surface area contributed by atoms with Gasteiger partial charge < -0.3 is 14.4 Å². The molecule has 3 aromatic rings. The molecule has 0 radical (unpaired) electrons. The van der Waals surface area contributed by atoms with E-state index in [0.29, 0.717) is 0 Å². The molecule has 1 aliphatic rings. The highest BCUT2D eigenvalue weighted by molar-refractivity contribution is 8.03. The number of thioether (sulfide) groups is 1. The van der Waals surface area contributed by atoms with E-state index in [4.69, 9.17) is 9.47 Å². The minimum atomic E-state index is 0.856. The summed E-state index contributed by atoms with van der Waals surface area (Å²) in [6.07, 6.45) is 10.2.